The van der Waals surface area contributed by atoms with Crippen LogP contribution in [0.4, 0.5) is 0 Å². The van der Waals surface area contributed by atoms with Crippen molar-refractivity contribution in [2.75, 3.05) is 0 Å². The number of nitrogens with zero attached hydrogens (tertiary/aromatic N) is 1. The van der Waals surface area contributed by atoms with Gasteiger partial charge in [-0.2, -0.15) is 0 Å². The van der Waals surface area contributed by atoms with Gasteiger partial charge in [0.2, 0.25) is 5.76 Å². The third kappa shape index (κ3) is 1.48. The van der Waals surface area contributed by atoms with Crippen LogP contribution in [0.2, 0.25) is 0 Å². The van der Waals surface area contributed by atoms with Gasteiger partial charge in [0.25, 0.3) is 0 Å². The maximum atomic E-state index is 10.6. The summed E-state index contributed by atoms with van der Waals surface area (Å²) in [5.41, 5.74) is 1.60. The molecule has 0 saturated carbocycles. The van der Waals surface area contributed by atoms with E-state index in [2.05, 4.69) is 21.1 Å². The van der Waals surface area contributed by atoms with Crippen molar-refractivity contribution in [3.63, 3.8) is 0 Å². The van der Waals surface area contributed by atoms with Gasteiger partial charge >= 0.3 is 0 Å². The Labute approximate surface area is 88.8 Å². The summed E-state index contributed by atoms with van der Waals surface area (Å²) in [5, 5.41) is 3.58. The van der Waals surface area contributed by atoms with Crippen molar-refractivity contribution in [3.8, 4) is 11.1 Å². The molecular formula is C10H6BrNO2. The van der Waals surface area contributed by atoms with Gasteiger partial charge in [-0.05, 0) is 6.07 Å². The molecule has 4 heteroatoms. The third-order valence-corrected chi connectivity index (χ3v) is 2.56. The molecule has 2 aromatic rings. The molecule has 2 rings (SSSR count). The second-order valence-electron chi connectivity index (χ2n) is 2.70. The van der Waals surface area contributed by atoms with E-state index in [0.717, 1.165) is 10.0 Å². The van der Waals surface area contributed by atoms with Gasteiger partial charge in [0.15, 0.2) is 6.29 Å². The third-order valence-electron chi connectivity index (χ3n) is 1.87. The van der Waals surface area contributed by atoms with Crippen LogP contribution < -0.4 is 0 Å². The Morgan fingerprint density at radius 3 is 2.79 bits per heavy atom. The minimum Gasteiger partial charge on any atom is -0.353 e. The molecule has 0 aliphatic heterocycles. The molecule has 0 radical (unpaired) electrons. The number of aromatic nitrogens is 1. The fourth-order valence-electron chi connectivity index (χ4n) is 1.22. The summed E-state index contributed by atoms with van der Waals surface area (Å²) in [5.74, 6) is 0.247. The Balaban J connectivity index is 2.60. The number of hydrogen-bond acceptors (Lipinski definition) is 3. The Hall–Kier alpha value is -1.42. The van der Waals surface area contributed by atoms with Gasteiger partial charge < -0.3 is 4.52 Å². The molecule has 0 aliphatic carbocycles. The van der Waals surface area contributed by atoms with Crippen molar-refractivity contribution in [3.05, 3.63) is 40.7 Å². The predicted octanol–water partition coefficient (Wildman–Crippen LogP) is 2.92. The van der Waals surface area contributed by atoms with Crippen LogP contribution in [0.25, 0.3) is 11.1 Å². The molecule has 0 fully saturated rings. The summed E-state index contributed by atoms with van der Waals surface area (Å²) in [6.45, 7) is 0. The number of halogens is 1. The van der Waals surface area contributed by atoms with E-state index in [-0.39, 0.29) is 5.76 Å². The summed E-state index contributed by atoms with van der Waals surface area (Å²) in [6, 6.07) is 7.59. The smallest absolute Gasteiger partial charge is 0.207 e. The average Bonchev–Trinajstić information content (AvgIpc) is 2.66. The largest absolute Gasteiger partial charge is 0.353 e. The molecule has 0 amide bonds. The van der Waals surface area contributed by atoms with Crippen molar-refractivity contribution in [1.29, 1.82) is 0 Å². The lowest BCUT2D eigenvalue weighted by Crippen LogP contribution is -1.82. The van der Waals surface area contributed by atoms with Crippen LogP contribution in [-0.2, 0) is 0 Å². The topological polar surface area (TPSA) is 43.1 Å². The maximum Gasteiger partial charge on any atom is 0.207 e. The molecule has 0 atom stereocenters. The Kier molecular flexibility index (Phi) is 2.45. The van der Waals surface area contributed by atoms with Gasteiger partial charge in [-0.15, -0.1) is 0 Å². The molecule has 0 saturated heterocycles. The molecule has 70 valence electrons. The van der Waals surface area contributed by atoms with Crippen molar-refractivity contribution in [2.24, 2.45) is 0 Å². The lowest BCUT2D eigenvalue weighted by Gasteiger charge is -1.99. The zero-order valence-electron chi connectivity index (χ0n) is 7.11. The molecule has 0 unspecified atom stereocenters. The van der Waals surface area contributed by atoms with Crippen LogP contribution in [0.1, 0.15) is 10.6 Å². The highest BCUT2D eigenvalue weighted by Crippen LogP contribution is 2.29. The summed E-state index contributed by atoms with van der Waals surface area (Å²) < 4.78 is 5.69. The van der Waals surface area contributed by atoms with Gasteiger partial charge in [0, 0.05) is 10.0 Å². The quantitative estimate of drug-likeness (QED) is 0.771. The molecule has 1 heterocycles. The number of carbonyl (C=O) groups is 1. The fourth-order valence-corrected chi connectivity index (χ4v) is 1.71. The molecule has 0 aliphatic rings. The van der Waals surface area contributed by atoms with Gasteiger partial charge in [-0.25, -0.2) is 0 Å². The van der Waals surface area contributed by atoms with Crippen molar-refractivity contribution >= 4 is 22.2 Å². The number of hydrogen-bond donors (Lipinski definition) is 0. The molecule has 1 aromatic heterocycles. The van der Waals surface area contributed by atoms with E-state index >= 15 is 0 Å². The Bertz CT molecular complexity index is 465. The molecule has 0 spiro atoms. The Morgan fingerprint density at radius 1 is 1.29 bits per heavy atom. The first-order valence-electron chi connectivity index (χ1n) is 3.97. The van der Waals surface area contributed by atoms with E-state index in [9.17, 15) is 4.79 Å². The molecule has 14 heavy (non-hydrogen) atoms. The zero-order valence-corrected chi connectivity index (χ0v) is 8.69. The van der Waals surface area contributed by atoms with Crippen LogP contribution >= 0.6 is 15.9 Å². The number of carbonyl (C=O) groups excluding carboxylic acids is 1. The monoisotopic (exact) mass is 251 g/mol. The summed E-state index contributed by atoms with van der Waals surface area (Å²) in [4.78, 5) is 10.6. The van der Waals surface area contributed by atoms with E-state index in [1.807, 2.05) is 24.3 Å². The maximum absolute atomic E-state index is 10.6. The lowest BCUT2D eigenvalue weighted by molar-refractivity contribution is 0.109. The Morgan fingerprint density at radius 2 is 2.07 bits per heavy atom. The normalized spacial score (nSPS) is 10.1. The minimum atomic E-state index is 0.247. The van der Waals surface area contributed by atoms with Gasteiger partial charge in [0.05, 0.1) is 11.8 Å². The van der Waals surface area contributed by atoms with E-state index in [0.29, 0.717) is 11.8 Å². The van der Waals surface area contributed by atoms with E-state index in [4.69, 9.17) is 4.52 Å². The van der Waals surface area contributed by atoms with Crippen LogP contribution in [0.15, 0.2) is 39.5 Å². The van der Waals surface area contributed by atoms with E-state index in [1.54, 1.807) is 0 Å². The van der Waals surface area contributed by atoms with Crippen molar-refractivity contribution in [1.82, 2.24) is 5.16 Å². The predicted molar refractivity (Wildman–Crippen MR) is 55.0 cm³/mol. The number of rotatable bonds is 2. The fraction of sp³-hybridized carbons (Fsp3) is 0. The van der Waals surface area contributed by atoms with E-state index in [1.165, 1.54) is 6.20 Å². The highest BCUT2D eigenvalue weighted by Gasteiger charge is 2.11. The minimum absolute atomic E-state index is 0.247. The second-order valence-corrected chi connectivity index (χ2v) is 3.56. The summed E-state index contributed by atoms with van der Waals surface area (Å²) in [6.07, 6.45) is 2.19. The first kappa shape index (κ1) is 9.15. The first-order valence-corrected chi connectivity index (χ1v) is 4.77. The summed E-state index contributed by atoms with van der Waals surface area (Å²) >= 11 is 3.40. The molecule has 0 bridgehead atoms. The zero-order chi connectivity index (χ0) is 9.97. The van der Waals surface area contributed by atoms with Gasteiger partial charge in [-0.1, -0.05) is 39.3 Å². The van der Waals surface area contributed by atoms with E-state index < -0.39 is 0 Å². The van der Waals surface area contributed by atoms with Crippen LogP contribution in [0.3, 0.4) is 0 Å². The highest BCUT2D eigenvalue weighted by atomic mass is 79.9. The average molecular weight is 252 g/mol. The van der Waals surface area contributed by atoms with Crippen LogP contribution in [-0.4, -0.2) is 11.4 Å². The number of aldehydes is 1. The van der Waals surface area contributed by atoms with Gasteiger partial charge in [-0.3, -0.25) is 4.79 Å². The molecule has 1 aromatic carbocycles. The molecule has 0 N–H and O–H groups in total. The summed E-state index contributed by atoms with van der Waals surface area (Å²) in [7, 11) is 0. The van der Waals surface area contributed by atoms with Crippen LogP contribution in [0, 0.1) is 0 Å². The molecule has 3 nitrogen and oxygen atoms in total. The highest BCUT2D eigenvalue weighted by molar-refractivity contribution is 9.10. The van der Waals surface area contributed by atoms with Gasteiger partial charge in [0.1, 0.15) is 0 Å². The molecular weight excluding hydrogens is 246 g/mol. The standard InChI is InChI=1S/C10H6BrNO2/c11-9-4-2-1-3-7(9)8-5-12-14-10(8)6-13/h1-6H. The van der Waals surface area contributed by atoms with Crippen LogP contribution in [0.5, 0.6) is 0 Å². The second kappa shape index (κ2) is 3.75. The SMILES string of the molecule is O=Cc1oncc1-c1ccccc1Br. The number of benzene rings is 1. The van der Waals surface area contributed by atoms with Crippen molar-refractivity contribution < 1.29 is 9.32 Å². The first-order chi connectivity index (χ1) is 6.83. The lowest BCUT2D eigenvalue weighted by atomic mass is 10.1. The van der Waals surface area contributed by atoms with Crippen molar-refractivity contribution in [2.45, 2.75) is 0 Å².